The van der Waals surface area contributed by atoms with Crippen molar-refractivity contribution < 1.29 is 15.0 Å². The summed E-state index contributed by atoms with van der Waals surface area (Å²) < 4.78 is 0. The topological polar surface area (TPSA) is 69.6 Å². The van der Waals surface area contributed by atoms with E-state index in [1.165, 1.54) is 0 Å². The summed E-state index contributed by atoms with van der Waals surface area (Å²) >= 11 is 0. The van der Waals surface area contributed by atoms with Gasteiger partial charge in [-0.3, -0.25) is 4.79 Å². The third kappa shape index (κ3) is 5.72. The van der Waals surface area contributed by atoms with Crippen LogP contribution < -0.4 is 5.32 Å². The molecular weight excluding hydrogens is 254 g/mol. The van der Waals surface area contributed by atoms with E-state index in [9.17, 15) is 9.90 Å². The van der Waals surface area contributed by atoms with Gasteiger partial charge in [-0.15, -0.1) is 0 Å². The Morgan fingerprint density at radius 1 is 1.25 bits per heavy atom. The fourth-order valence-corrected chi connectivity index (χ4v) is 2.04. The van der Waals surface area contributed by atoms with Gasteiger partial charge in [-0.2, -0.15) is 0 Å². The van der Waals surface area contributed by atoms with E-state index in [0.29, 0.717) is 12.5 Å². The second-order valence-electron chi connectivity index (χ2n) is 5.70. The molecule has 0 aliphatic rings. The molecule has 1 aromatic rings. The minimum Gasteiger partial charge on any atom is -0.481 e. The maximum atomic E-state index is 10.9. The van der Waals surface area contributed by atoms with Gasteiger partial charge in [0.15, 0.2) is 0 Å². The molecule has 0 bridgehead atoms. The average Bonchev–Trinajstić information content (AvgIpc) is 2.37. The Morgan fingerprint density at radius 3 is 2.35 bits per heavy atom. The quantitative estimate of drug-likeness (QED) is 0.684. The van der Waals surface area contributed by atoms with Crippen LogP contribution in [0.15, 0.2) is 24.3 Å². The molecular formula is C16H25NO3. The molecule has 4 heteroatoms. The Morgan fingerprint density at radius 2 is 1.85 bits per heavy atom. The minimum absolute atomic E-state index is 0.0901. The molecule has 1 rings (SSSR count). The van der Waals surface area contributed by atoms with E-state index in [1.807, 2.05) is 31.2 Å². The second kappa shape index (κ2) is 8.02. The van der Waals surface area contributed by atoms with E-state index in [2.05, 4.69) is 19.2 Å². The summed E-state index contributed by atoms with van der Waals surface area (Å²) in [7, 11) is 0. The van der Waals surface area contributed by atoms with Gasteiger partial charge in [0.1, 0.15) is 0 Å². The Kier molecular flexibility index (Phi) is 6.68. The Bertz CT molecular complexity index is 414. The van der Waals surface area contributed by atoms with Crippen LogP contribution in [0.5, 0.6) is 0 Å². The first kappa shape index (κ1) is 16.7. The molecule has 1 aromatic carbocycles. The third-order valence-electron chi connectivity index (χ3n) is 3.32. The number of carbonyl (C=O) groups is 1. The van der Waals surface area contributed by atoms with Crippen LogP contribution in [-0.4, -0.2) is 28.8 Å². The molecule has 0 saturated heterocycles. The Hall–Kier alpha value is -1.39. The highest BCUT2D eigenvalue weighted by Crippen LogP contribution is 2.20. The summed E-state index contributed by atoms with van der Waals surface area (Å²) in [6.45, 7) is 6.92. The number of aliphatic hydroxyl groups excluding tert-OH is 1. The van der Waals surface area contributed by atoms with Crippen LogP contribution in [-0.2, 0) is 4.79 Å². The van der Waals surface area contributed by atoms with Gasteiger partial charge in [0.25, 0.3) is 0 Å². The van der Waals surface area contributed by atoms with Crippen molar-refractivity contribution in [1.82, 2.24) is 5.32 Å². The van der Waals surface area contributed by atoms with Gasteiger partial charge < -0.3 is 15.5 Å². The first-order valence-electron chi connectivity index (χ1n) is 7.10. The first-order chi connectivity index (χ1) is 9.40. The number of hydrogen-bond acceptors (Lipinski definition) is 3. The van der Waals surface area contributed by atoms with E-state index in [-0.39, 0.29) is 6.42 Å². The number of benzene rings is 1. The monoisotopic (exact) mass is 279 g/mol. The summed E-state index contributed by atoms with van der Waals surface area (Å²) in [5.74, 6) is -0.359. The molecule has 0 fully saturated rings. The van der Waals surface area contributed by atoms with Crippen LogP contribution in [0.3, 0.4) is 0 Å². The van der Waals surface area contributed by atoms with Crippen molar-refractivity contribution in [2.45, 2.75) is 45.8 Å². The summed E-state index contributed by atoms with van der Waals surface area (Å²) in [5, 5.41) is 22.5. The molecule has 0 saturated carbocycles. The average molecular weight is 279 g/mol. The number of nitrogens with one attached hydrogen (secondary N) is 1. The highest BCUT2D eigenvalue weighted by molar-refractivity contribution is 5.67. The zero-order chi connectivity index (χ0) is 15.1. The lowest BCUT2D eigenvalue weighted by Gasteiger charge is -2.23. The fourth-order valence-electron chi connectivity index (χ4n) is 2.04. The summed E-state index contributed by atoms with van der Waals surface area (Å²) in [6, 6.07) is 7.07. The van der Waals surface area contributed by atoms with Crippen molar-refractivity contribution >= 4 is 5.97 Å². The number of aliphatic carboxylic acids is 1. The smallest absolute Gasteiger partial charge is 0.305 e. The SMILES string of the molecule is Cc1ccc(C(O)C(CC(=O)O)NCCC(C)C)cc1. The Balaban J connectivity index is 2.70. The van der Waals surface area contributed by atoms with E-state index in [1.54, 1.807) is 0 Å². The normalized spacial score (nSPS) is 14.2. The van der Waals surface area contributed by atoms with Gasteiger partial charge in [-0.05, 0) is 31.4 Å². The first-order valence-corrected chi connectivity index (χ1v) is 7.10. The molecule has 0 heterocycles. The van der Waals surface area contributed by atoms with Gasteiger partial charge >= 0.3 is 5.97 Å². The lowest BCUT2D eigenvalue weighted by molar-refractivity contribution is -0.138. The van der Waals surface area contributed by atoms with Crippen LogP contribution in [0.2, 0.25) is 0 Å². The van der Waals surface area contributed by atoms with Gasteiger partial charge in [-0.25, -0.2) is 0 Å². The maximum absolute atomic E-state index is 10.9. The van der Waals surface area contributed by atoms with Gasteiger partial charge in [0.2, 0.25) is 0 Å². The highest BCUT2D eigenvalue weighted by atomic mass is 16.4. The van der Waals surface area contributed by atoms with Crippen molar-refractivity contribution in [3.8, 4) is 0 Å². The molecule has 0 spiro atoms. The van der Waals surface area contributed by atoms with Crippen molar-refractivity contribution in [1.29, 1.82) is 0 Å². The van der Waals surface area contributed by atoms with Gasteiger partial charge in [0.05, 0.1) is 12.5 Å². The third-order valence-corrected chi connectivity index (χ3v) is 3.32. The molecule has 0 radical (unpaired) electrons. The standard InChI is InChI=1S/C16H25NO3/c1-11(2)8-9-17-14(10-15(18)19)16(20)13-6-4-12(3)5-7-13/h4-7,11,14,16-17,20H,8-10H2,1-3H3,(H,18,19). The number of carboxylic acid groups (broad SMARTS) is 1. The molecule has 2 unspecified atom stereocenters. The fraction of sp³-hybridized carbons (Fsp3) is 0.562. The minimum atomic E-state index is -0.904. The van der Waals surface area contributed by atoms with Crippen LogP contribution in [0.25, 0.3) is 0 Å². The number of carboxylic acids is 1. The number of aliphatic hydroxyl groups is 1. The van der Waals surface area contributed by atoms with Crippen molar-refractivity contribution in [3.63, 3.8) is 0 Å². The predicted molar refractivity (Wildman–Crippen MR) is 79.6 cm³/mol. The van der Waals surface area contributed by atoms with Crippen LogP contribution in [0.1, 0.15) is 43.9 Å². The maximum Gasteiger partial charge on any atom is 0.305 e. The molecule has 0 aliphatic carbocycles. The second-order valence-corrected chi connectivity index (χ2v) is 5.70. The van der Waals surface area contributed by atoms with Crippen molar-refractivity contribution in [2.75, 3.05) is 6.54 Å². The van der Waals surface area contributed by atoms with Gasteiger partial charge in [0, 0.05) is 6.04 Å². The largest absolute Gasteiger partial charge is 0.481 e. The summed E-state index contributed by atoms with van der Waals surface area (Å²) in [4.78, 5) is 10.9. The van der Waals surface area contributed by atoms with Crippen LogP contribution in [0, 0.1) is 12.8 Å². The molecule has 112 valence electrons. The highest BCUT2D eigenvalue weighted by Gasteiger charge is 2.23. The predicted octanol–water partition coefficient (Wildman–Crippen LogP) is 2.51. The number of aryl methyl sites for hydroxylation is 1. The number of hydrogen-bond donors (Lipinski definition) is 3. The van der Waals surface area contributed by atoms with E-state index in [0.717, 1.165) is 17.5 Å². The summed E-state index contributed by atoms with van der Waals surface area (Å²) in [5.41, 5.74) is 1.86. The number of rotatable bonds is 8. The zero-order valence-electron chi connectivity index (χ0n) is 12.5. The van der Waals surface area contributed by atoms with E-state index < -0.39 is 18.1 Å². The molecule has 2 atom stereocenters. The van der Waals surface area contributed by atoms with Crippen molar-refractivity contribution in [3.05, 3.63) is 35.4 Å². The molecule has 3 N–H and O–H groups in total. The molecule has 4 nitrogen and oxygen atoms in total. The van der Waals surface area contributed by atoms with Crippen LogP contribution in [0.4, 0.5) is 0 Å². The molecule has 0 aliphatic heterocycles. The lowest BCUT2D eigenvalue weighted by atomic mass is 9.98. The van der Waals surface area contributed by atoms with E-state index >= 15 is 0 Å². The van der Waals surface area contributed by atoms with Crippen molar-refractivity contribution in [2.24, 2.45) is 5.92 Å². The molecule has 0 amide bonds. The lowest BCUT2D eigenvalue weighted by Crippen LogP contribution is -2.37. The summed E-state index contributed by atoms with van der Waals surface area (Å²) in [6.07, 6.45) is 0.0583. The van der Waals surface area contributed by atoms with E-state index in [4.69, 9.17) is 5.11 Å². The van der Waals surface area contributed by atoms with Gasteiger partial charge in [-0.1, -0.05) is 43.7 Å². The zero-order valence-corrected chi connectivity index (χ0v) is 12.5. The van der Waals surface area contributed by atoms with Crippen LogP contribution >= 0.6 is 0 Å². The molecule has 20 heavy (non-hydrogen) atoms. The molecule has 0 aromatic heterocycles. The Labute approximate surface area is 120 Å².